The molecule has 28 heavy (non-hydrogen) atoms. The van der Waals surface area contributed by atoms with Gasteiger partial charge in [0.2, 0.25) is 0 Å². The van der Waals surface area contributed by atoms with E-state index in [0.717, 1.165) is 33.8 Å². The Morgan fingerprint density at radius 3 is 2.50 bits per heavy atom. The molecule has 2 aromatic rings. The first kappa shape index (κ1) is 19.9. The molecule has 0 fully saturated rings. The number of ether oxygens (including phenoxy) is 1. The Morgan fingerprint density at radius 1 is 1.14 bits per heavy atom. The summed E-state index contributed by atoms with van der Waals surface area (Å²) in [5.74, 6) is 0.635. The van der Waals surface area contributed by atoms with E-state index in [1.165, 1.54) is 0 Å². The molecule has 3 rings (SSSR count). The lowest BCUT2D eigenvalue weighted by molar-refractivity contribution is -0.113. The van der Waals surface area contributed by atoms with Crippen molar-refractivity contribution in [2.75, 3.05) is 11.9 Å². The number of aryl methyl sites for hydroxylation is 2. The molecule has 0 spiro atoms. The fraction of sp³-hybridized carbons (Fsp3) is 0.273. The minimum atomic E-state index is -0.338. The summed E-state index contributed by atoms with van der Waals surface area (Å²) >= 11 is 5.32. The molecule has 0 aliphatic carbocycles. The highest BCUT2D eigenvalue weighted by Crippen LogP contribution is 2.29. The van der Waals surface area contributed by atoms with Gasteiger partial charge in [0.1, 0.15) is 5.75 Å². The van der Waals surface area contributed by atoms with E-state index in [0.29, 0.717) is 17.3 Å². The van der Waals surface area contributed by atoms with Crippen molar-refractivity contribution < 1.29 is 9.53 Å². The third-order valence-electron chi connectivity index (χ3n) is 4.67. The van der Waals surface area contributed by atoms with Gasteiger partial charge in [0.15, 0.2) is 5.11 Å². The van der Waals surface area contributed by atoms with E-state index in [1.807, 2.05) is 70.2 Å². The Labute approximate surface area is 171 Å². The predicted octanol–water partition coefficient (Wildman–Crippen LogP) is 4.13. The number of thiocarbonyl (C=S) groups is 1. The van der Waals surface area contributed by atoms with Crippen LogP contribution in [-0.2, 0) is 4.79 Å². The van der Waals surface area contributed by atoms with Gasteiger partial charge in [-0.1, -0.05) is 29.8 Å². The minimum Gasteiger partial charge on any atom is -0.494 e. The van der Waals surface area contributed by atoms with Crippen molar-refractivity contribution in [3.8, 4) is 5.75 Å². The maximum absolute atomic E-state index is 13.2. The van der Waals surface area contributed by atoms with Crippen molar-refractivity contribution >= 4 is 28.9 Å². The number of carbonyl (C=O) groups is 1. The summed E-state index contributed by atoms with van der Waals surface area (Å²) in [4.78, 5) is 13.2. The molecule has 1 atom stereocenters. The van der Waals surface area contributed by atoms with E-state index in [9.17, 15) is 4.79 Å². The van der Waals surface area contributed by atoms with E-state index < -0.39 is 0 Å². The molecule has 0 saturated carbocycles. The van der Waals surface area contributed by atoms with Crippen LogP contribution in [0.15, 0.2) is 53.7 Å². The van der Waals surface area contributed by atoms with Crippen LogP contribution in [-0.4, -0.2) is 17.6 Å². The first-order valence-electron chi connectivity index (χ1n) is 9.28. The minimum absolute atomic E-state index is 0.161. The van der Waals surface area contributed by atoms with E-state index in [4.69, 9.17) is 17.0 Å². The average Bonchev–Trinajstić information content (AvgIpc) is 2.64. The second-order valence-electron chi connectivity index (χ2n) is 6.84. The smallest absolute Gasteiger partial charge is 0.255 e. The van der Waals surface area contributed by atoms with Crippen molar-refractivity contribution in [1.29, 1.82) is 0 Å². The molecule has 3 N–H and O–H groups in total. The lowest BCUT2D eigenvalue weighted by Crippen LogP contribution is -2.45. The van der Waals surface area contributed by atoms with Crippen molar-refractivity contribution in [2.24, 2.45) is 0 Å². The lowest BCUT2D eigenvalue weighted by atomic mass is 9.94. The number of anilines is 1. The molecule has 1 unspecified atom stereocenters. The van der Waals surface area contributed by atoms with Gasteiger partial charge in [-0.2, -0.15) is 0 Å². The second kappa shape index (κ2) is 8.44. The van der Waals surface area contributed by atoms with E-state index >= 15 is 0 Å². The van der Waals surface area contributed by atoms with Crippen LogP contribution in [0.3, 0.4) is 0 Å². The van der Waals surface area contributed by atoms with E-state index in [2.05, 4.69) is 16.0 Å². The Bertz CT molecular complexity index is 935. The van der Waals surface area contributed by atoms with Crippen LogP contribution >= 0.6 is 12.2 Å². The van der Waals surface area contributed by atoms with E-state index in [1.54, 1.807) is 0 Å². The topological polar surface area (TPSA) is 62.4 Å². The zero-order chi connectivity index (χ0) is 20.3. The van der Waals surface area contributed by atoms with Crippen molar-refractivity contribution in [2.45, 2.75) is 33.7 Å². The highest BCUT2D eigenvalue weighted by atomic mass is 32.1. The summed E-state index contributed by atoms with van der Waals surface area (Å²) < 4.78 is 5.52. The van der Waals surface area contributed by atoms with Gasteiger partial charge in [-0.15, -0.1) is 0 Å². The number of nitrogens with one attached hydrogen (secondary N) is 3. The van der Waals surface area contributed by atoms with Gasteiger partial charge in [0, 0.05) is 11.4 Å². The number of rotatable bonds is 5. The Morgan fingerprint density at radius 2 is 1.86 bits per heavy atom. The Kier molecular flexibility index (Phi) is 5.99. The zero-order valence-electron chi connectivity index (χ0n) is 16.6. The zero-order valence-corrected chi connectivity index (χ0v) is 17.4. The molecule has 5 nitrogen and oxygen atoms in total. The van der Waals surface area contributed by atoms with Crippen LogP contribution in [0.5, 0.6) is 5.75 Å². The maximum Gasteiger partial charge on any atom is 0.255 e. The van der Waals surface area contributed by atoms with Gasteiger partial charge >= 0.3 is 0 Å². The number of amides is 1. The van der Waals surface area contributed by atoms with Gasteiger partial charge in [0.05, 0.1) is 18.2 Å². The molecule has 1 amide bonds. The maximum atomic E-state index is 13.2. The molecule has 0 bridgehead atoms. The normalized spacial score (nSPS) is 16.3. The number of hydrogen-bond donors (Lipinski definition) is 3. The third-order valence-corrected chi connectivity index (χ3v) is 4.89. The molecule has 0 saturated heterocycles. The molecule has 0 radical (unpaired) electrons. The summed E-state index contributed by atoms with van der Waals surface area (Å²) in [7, 11) is 0. The van der Waals surface area contributed by atoms with Crippen LogP contribution in [0.25, 0.3) is 0 Å². The van der Waals surface area contributed by atoms with Crippen LogP contribution in [0, 0.1) is 13.8 Å². The Hall–Kier alpha value is -2.86. The highest BCUT2D eigenvalue weighted by Gasteiger charge is 2.30. The summed E-state index contributed by atoms with van der Waals surface area (Å²) in [6, 6.07) is 13.3. The van der Waals surface area contributed by atoms with Crippen molar-refractivity contribution in [3.05, 3.63) is 70.4 Å². The monoisotopic (exact) mass is 395 g/mol. The Balaban J connectivity index is 1.91. The van der Waals surface area contributed by atoms with Gasteiger partial charge in [-0.05, 0) is 69.2 Å². The number of carbonyl (C=O) groups excluding carboxylic acids is 1. The summed E-state index contributed by atoms with van der Waals surface area (Å²) in [6.07, 6.45) is 0. The van der Waals surface area contributed by atoms with Crippen molar-refractivity contribution in [3.63, 3.8) is 0 Å². The van der Waals surface area contributed by atoms with Gasteiger partial charge in [0.25, 0.3) is 5.91 Å². The quantitative estimate of drug-likeness (QED) is 0.665. The van der Waals surface area contributed by atoms with Crippen LogP contribution in [0.1, 0.15) is 36.6 Å². The predicted molar refractivity (Wildman–Crippen MR) is 116 cm³/mol. The third kappa shape index (κ3) is 4.34. The summed E-state index contributed by atoms with van der Waals surface area (Å²) in [5, 5.41) is 9.82. The SMILES string of the molecule is CCOc1ccc(C2NC(=S)NC(C)=C2C(=O)Nc2ccc(C)cc2C)cc1. The fourth-order valence-corrected chi connectivity index (χ4v) is 3.58. The van der Waals surface area contributed by atoms with Crippen LogP contribution in [0.2, 0.25) is 0 Å². The summed E-state index contributed by atoms with van der Waals surface area (Å²) in [6.45, 7) is 8.44. The van der Waals surface area contributed by atoms with Crippen molar-refractivity contribution in [1.82, 2.24) is 10.6 Å². The molecule has 2 aromatic carbocycles. The molecular weight excluding hydrogens is 370 g/mol. The van der Waals surface area contributed by atoms with Gasteiger partial charge in [-0.25, -0.2) is 0 Å². The van der Waals surface area contributed by atoms with Gasteiger partial charge in [-0.3, -0.25) is 4.79 Å². The molecule has 6 heteroatoms. The molecule has 1 aliphatic rings. The fourth-order valence-electron chi connectivity index (χ4n) is 3.31. The molecular formula is C22H25N3O2S. The first-order chi connectivity index (χ1) is 13.4. The summed E-state index contributed by atoms with van der Waals surface area (Å²) in [5.41, 5.74) is 5.27. The lowest BCUT2D eigenvalue weighted by Gasteiger charge is -2.30. The number of benzene rings is 2. The molecule has 1 heterocycles. The number of hydrogen-bond acceptors (Lipinski definition) is 3. The van der Waals surface area contributed by atoms with Gasteiger partial charge < -0.3 is 20.7 Å². The highest BCUT2D eigenvalue weighted by molar-refractivity contribution is 7.80. The second-order valence-corrected chi connectivity index (χ2v) is 7.25. The molecule has 1 aliphatic heterocycles. The molecule has 0 aromatic heterocycles. The van der Waals surface area contributed by atoms with Crippen LogP contribution in [0.4, 0.5) is 5.69 Å². The van der Waals surface area contributed by atoms with E-state index in [-0.39, 0.29) is 11.9 Å². The number of allylic oxidation sites excluding steroid dienone is 1. The molecule has 146 valence electrons. The largest absolute Gasteiger partial charge is 0.494 e. The van der Waals surface area contributed by atoms with Crippen LogP contribution < -0.4 is 20.7 Å². The average molecular weight is 396 g/mol. The first-order valence-corrected chi connectivity index (χ1v) is 9.69. The standard InChI is InChI=1S/C22H25N3O2S/c1-5-27-17-9-7-16(8-10-17)20-19(15(4)23-22(28)25-20)21(26)24-18-11-6-13(2)12-14(18)3/h6-12,20H,5H2,1-4H3,(H,24,26)(H2,23,25,28).